The van der Waals surface area contributed by atoms with E-state index in [2.05, 4.69) is 0 Å². The topological polar surface area (TPSA) is 118 Å². The van der Waals surface area contributed by atoms with Gasteiger partial charge in [0.2, 0.25) is 5.91 Å². The number of aryl methyl sites for hydroxylation is 2. The third-order valence-corrected chi connectivity index (χ3v) is 9.11. The van der Waals surface area contributed by atoms with Gasteiger partial charge >= 0.3 is 12.4 Å². The summed E-state index contributed by atoms with van der Waals surface area (Å²) in [5.41, 5.74) is -6.43. The largest absolute Gasteiger partial charge is 0.430 e. The normalized spacial score (nSPS) is 22.4. The number of aliphatic hydroxyl groups is 3. The molecule has 220 valence electrons. The van der Waals surface area contributed by atoms with Crippen LogP contribution in [0.4, 0.5) is 32.0 Å². The Morgan fingerprint density at radius 3 is 2.02 bits per heavy atom. The summed E-state index contributed by atoms with van der Waals surface area (Å²) in [4.78, 5) is 13.9. The highest BCUT2D eigenvalue weighted by Crippen LogP contribution is 2.51. The third kappa shape index (κ3) is 5.15. The molecule has 0 aromatic heterocycles. The minimum Gasteiger partial charge on any atom is -0.388 e. The average Bonchev–Trinajstić information content (AvgIpc) is 3.20. The fourth-order valence-corrected chi connectivity index (χ4v) is 6.70. The summed E-state index contributed by atoms with van der Waals surface area (Å²) in [5, 5.41) is 29.4. The van der Waals surface area contributed by atoms with Gasteiger partial charge in [-0.2, -0.15) is 26.3 Å². The summed E-state index contributed by atoms with van der Waals surface area (Å²) in [6, 6.07) is 6.10. The van der Waals surface area contributed by atoms with Gasteiger partial charge in [0, 0.05) is 25.1 Å². The van der Waals surface area contributed by atoms with E-state index in [1.54, 1.807) is 6.92 Å². The first-order chi connectivity index (χ1) is 18.4. The maximum atomic E-state index is 13.8. The number of sulfonamides is 1. The van der Waals surface area contributed by atoms with E-state index in [0.29, 0.717) is 12.1 Å². The van der Waals surface area contributed by atoms with E-state index in [1.165, 1.54) is 24.3 Å². The first-order valence-electron chi connectivity index (χ1n) is 12.1. The number of carbonyl (C=O) groups excluding carboxylic acids is 1. The van der Waals surface area contributed by atoms with Gasteiger partial charge in [0.15, 0.2) is 0 Å². The second kappa shape index (κ2) is 10.2. The van der Waals surface area contributed by atoms with Crippen molar-refractivity contribution < 1.29 is 54.9 Å². The predicted molar refractivity (Wildman–Crippen MR) is 129 cm³/mol. The molecule has 0 aliphatic carbocycles. The van der Waals surface area contributed by atoms with Crippen molar-refractivity contribution in [3.05, 3.63) is 59.2 Å². The Morgan fingerprint density at radius 2 is 1.50 bits per heavy atom. The number of carbonyl (C=O) groups is 1. The molecule has 0 unspecified atom stereocenters. The highest BCUT2D eigenvalue weighted by atomic mass is 32.2. The van der Waals surface area contributed by atoms with Gasteiger partial charge in [-0.25, -0.2) is 8.42 Å². The van der Waals surface area contributed by atoms with E-state index in [-0.39, 0.29) is 42.1 Å². The molecule has 1 saturated heterocycles. The zero-order valence-corrected chi connectivity index (χ0v) is 21.8. The number of anilines is 1. The zero-order chi connectivity index (χ0) is 29.8. The lowest BCUT2D eigenvalue weighted by Gasteiger charge is -2.39. The first kappa shape index (κ1) is 30.1. The monoisotopic (exact) mass is 596 g/mol. The minimum absolute atomic E-state index is 0.150. The van der Waals surface area contributed by atoms with Crippen LogP contribution in [0, 0.1) is 6.92 Å². The molecule has 15 heteroatoms. The molecule has 2 heterocycles. The summed E-state index contributed by atoms with van der Waals surface area (Å²) in [6.45, 7) is 1.33. The second-order valence-corrected chi connectivity index (χ2v) is 11.8. The number of hydrogen-bond donors (Lipinski definition) is 3. The number of rotatable bonds is 5. The van der Waals surface area contributed by atoms with Crippen LogP contribution in [0.25, 0.3) is 0 Å². The molecule has 0 spiro atoms. The fourth-order valence-electron chi connectivity index (χ4n) is 4.99. The molecular formula is C25H26F6N2O6S. The molecule has 1 fully saturated rings. The number of nitrogens with zero attached hydrogens (tertiary/aromatic N) is 2. The van der Waals surface area contributed by atoms with Crippen molar-refractivity contribution >= 4 is 21.6 Å². The number of amides is 1. The number of β-amino-alcohol motifs (C(OH)–C–C–N with tert-alkyl or cyclic N) is 2. The molecule has 2 aromatic carbocycles. The van der Waals surface area contributed by atoms with Crippen molar-refractivity contribution in [3.8, 4) is 0 Å². The fraction of sp³-hybridized carbons (Fsp3) is 0.480. The van der Waals surface area contributed by atoms with Crippen LogP contribution in [-0.2, 0) is 26.8 Å². The van der Waals surface area contributed by atoms with Gasteiger partial charge in [-0.05, 0) is 43.5 Å². The first-order valence-corrected chi connectivity index (χ1v) is 13.6. The molecule has 2 aliphatic rings. The van der Waals surface area contributed by atoms with E-state index in [4.69, 9.17) is 0 Å². The van der Waals surface area contributed by atoms with Crippen molar-refractivity contribution in [1.29, 1.82) is 0 Å². The van der Waals surface area contributed by atoms with Gasteiger partial charge in [-0.1, -0.05) is 29.8 Å². The van der Waals surface area contributed by atoms with Crippen LogP contribution in [0.5, 0.6) is 0 Å². The molecule has 0 saturated carbocycles. The number of likely N-dealkylation sites (tertiary alicyclic amines) is 1. The van der Waals surface area contributed by atoms with Crippen LogP contribution in [0.2, 0.25) is 0 Å². The van der Waals surface area contributed by atoms with Crippen molar-refractivity contribution in [2.45, 2.75) is 67.3 Å². The highest BCUT2D eigenvalue weighted by Gasteiger charge is 2.71. The van der Waals surface area contributed by atoms with Crippen LogP contribution in [-0.4, -0.2) is 78.2 Å². The number of alkyl halides is 6. The lowest BCUT2D eigenvalue weighted by molar-refractivity contribution is -0.376. The van der Waals surface area contributed by atoms with Crippen molar-refractivity contribution in [1.82, 2.24) is 4.90 Å². The molecule has 1 amide bonds. The minimum atomic E-state index is -6.12. The Morgan fingerprint density at radius 1 is 0.950 bits per heavy atom. The second-order valence-electron chi connectivity index (χ2n) is 9.99. The van der Waals surface area contributed by atoms with E-state index in [9.17, 15) is 54.9 Å². The van der Waals surface area contributed by atoms with Gasteiger partial charge < -0.3 is 20.2 Å². The molecule has 0 bridgehead atoms. The maximum absolute atomic E-state index is 13.8. The van der Waals surface area contributed by atoms with Gasteiger partial charge in [0.05, 0.1) is 28.8 Å². The Balaban J connectivity index is 1.80. The standard InChI is InChI=1S/C25H26F6N2O6S/c1-14-2-7-18(8-3-14)40(38,39)33-17(11-22(36)32-12-20(34)21(35)13-32)6-4-15-10-16(5-9-19(15)33)23(37,24(26,27)28)25(29,30)31/h2-3,5,7-10,17,20-21,34-35,37H,4,6,11-13H2,1H3/t17-,20+,21+/m0/s1. The SMILES string of the molecule is Cc1ccc(S(=O)(=O)N2c3ccc(C(O)(C(F)(F)F)C(F)(F)F)cc3CC[C@H]2CC(=O)N2C[C@@H](O)[C@H](O)C2)cc1. The molecule has 3 N–H and O–H groups in total. The molecule has 0 radical (unpaired) electrons. The van der Waals surface area contributed by atoms with Crippen molar-refractivity contribution in [2.24, 2.45) is 0 Å². The summed E-state index contributed by atoms with van der Waals surface area (Å²) in [7, 11) is -4.48. The Labute approximate surface area is 225 Å². The molecule has 2 aromatic rings. The van der Waals surface area contributed by atoms with Crippen LogP contribution < -0.4 is 4.31 Å². The van der Waals surface area contributed by atoms with Gasteiger partial charge in [-0.15, -0.1) is 0 Å². The van der Waals surface area contributed by atoms with Crippen LogP contribution in [0.3, 0.4) is 0 Å². The highest BCUT2D eigenvalue weighted by molar-refractivity contribution is 7.92. The molecule has 3 atom stereocenters. The van der Waals surface area contributed by atoms with Crippen molar-refractivity contribution in [3.63, 3.8) is 0 Å². The summed E-state index contributed by atoms with van der Waals surface area (Å²) >= 11 is 0. The maximum Gasteiger partial charge on any atom is 0.430 e. The average molecular weight is 597 g/mol. The van der Waals surface area contributed by atoms with Gasteiger partial charge in [0.1, 0.15) is 0 Å². The number of fused-ring (bicyclic) bond motifs is 1. The molecule has 4 rings (SSSR count). The van der Waals surface area contributed by atoms with Gasteiger partial charge in [-0.3, -0.25) is 9.10 Å². The molecule has 2 aliphatic heterocycles. The summed E-state index contributed by atoms with van der Waals surface area (Å²) < 4.78 is 109. The Hall–Kier alpha value is -2.88. The molecule has 40 heavy (non-hydrogen) atoms. The zero-order valence-electron chi connectivity index (χ0n) is 20.9. The smallest absolute Gasteiger partial charge is 0.388 e. The quantitative estimate of drug-likeness (QED) is 0.457. The molecular weight excluding hydrogens is 570 g/mol. The number of halogens is 6. The van der Waals surface area contributed by atoms with E-state index in [0.717, 1.165) is 20.8 Å². The lowest BCUT2D eigenvalue weighted by atomic mass is 9.87. The third-order valence-electron chi connectivity index (χ3n) is 7.23. The summed E-state index contributed by atoms with van der Waals surface area (Å²) in [5.74, 6) is -0.603. The van der Waals surface area contributed by atoms with Crippen LogP contribution >= 0.6 is 0 Å². The van der Waals surface area contributed by atoms with Gasteiger partial charge in [0.25, 0.3) is 15.6 Å². The number of aliphatic hydroxyl groups excluding tert-OH is 2. The van der Waals surface area contributed by atoms with Crippen molar-refractivity contribution in [2.75, 3.05) is 17.4 Å². The van der Waals surface area contributed by atoms with E-state index in [1.807, 2.05) is 0 Å². The van der Waals surface area contributed by atoms with E-state index < -0.39 is 64.1 Å². The Kier molecular flexibility index (Phi) is 7.67. The van der Waals surface area contributed by atoms with Crippen LogP contribution in [0.15, 0.2) is 47.4 Å². The van der Waals surface area contributed by atoms with Crippen LogP contribution in [0.1, 0.15) is 29.5 Å². The predicted octanol–water partition coefficient (Wildman–Crippen LogP) is 2.77. The molecule has 8 nitrogen and oxygen atoms in total. The number of hydrogen-bond acceptors (Lipinski definition) is 6. The Bertz CT molecular complexity index is 1360. The lowest BCUT2D eigenvalue weighted by Crippen LogP contribution is -2.54. The van der Waals surface area contributed by atoms with E-state index >= 15 is 0 Å². The number of benzene rings is 2. The summed E-state index contributed by atoms with van der Waals surface area (Å²) in [6.07, 6.45) is -15.4.